The fourth-order valence-electron chi connectivity index (χ4n) is 7.06. The van der Waals surface area contributed by atoms with Gasteiger partial charge in [0.2, 0.25) is 5.91 Å². The van der Waals surface area contributed by atoms with Crippen LogP contribution in [0.15, 0.2) is 30.9 Å². The second-order valence-corrected chi connectivity index (χ2v) is 11.7. The number of nitrogens with zero attached hydrogens (tertiary/aromatic N) is 2. The molecule has 4 rings (SSSR count). The number of amides is 2. The van der Waals surface area contributed by atoms with E-state index in [0.29, 0.717) is 17.1 Å². The summed E-state index contributed by atoms with van der Waals surface area (Å²) in [6.45, 7) is 15.0. The summed E-state index contributed by atoms with van der Waals surface area (Å²) >= 11 is 6.61. The zero-order valence-corrected chi connectivity index (χ0v) is 23.8. The quantitative estimate of drug-likeness (QED) is 0.374. The van der Waals surface area contributed by atoms with Gasteiger partial charge in [-0.3, -0.25) is 14.4 Å². The average Bonchev–Trinajstić information content (AvgIpc) is 3.35. The summed E-state index contributed by atoms with van der Waals surface area (Å²) in [5.74, 6) is -3.27. The summed E-state index contributed by atoms with van der Waals surface area (Å²) < 4.78 is 12.2. The van der Waals surface area contributed by atoms with Gasteiger partial charge in [-0.15, -0.1) is 6.58 Å². The molecule has 1 spiro atoms. The van der Waals surface area contributed by atoms with Gasteiger partial charge in [-0.25, -0.2) is 0 Å². The van der Waals surface area contributed by atoms with Crippen molar-refractivity contribution in [2.24, 2.45) is 23.7 Å². The lowest BCUT2D eigenvalue weighted by Crippen LogP contribution is -2.60. The number of likely N-dealkylation sites (tertiary alicyclic amines) is 1. The minimum Gasteiger partial charge on any atom is -0.466 e. The maximum atomic E-state index is 14.7. The van der Waals surface area contributed by atoms with Gasteiger partial charge < -0.3 is 24.4 Å². The summed E-state index contributed by atoms with van der Waals surface area (Å²) in [5, 5.41) is 10.8. The molecule has 3 aliphatic heterocycles. The van der Waals surface area contributed by atoms with Crippen LogP contribution in [-0.4, -0.2) is 70.8 Å². The Bertz CT molecular complexity index is 1120. The van der Waals surface area contributed by atoms with E-state index in [0.717, 1.165) is 5.56 Å². The maximum absolute atomic E-state index is 14.7. The number of benzene rings is 1. The smallest absolute Gasteiger partial charge is 0.312 e. The van der Waals surface area contributed by atoms with E-state index in [2.05, 4.69) is 6.58 Å². The van der Waals surface area contributed by atoms with E-state index >= 15 is 0 Å². The van der Waals surface area contributed by atoms with Crippen molar-refractivity contribution < 1.29 is 29.0 Å². The lowest BCUT2D eigenvalue weighted by atomic mass is 9.62. The lowest BCUT2D eigenvalue weighted by molar-refractivity contribution is -0.162. The Balaban J connectivity index is 1.93. The monoisotopic (exact) mass is 546 g/mol. The molecule has 7 atom stereocenters. The van der Waals surface area contributed by atoms with Crippen molar-refractivity contribution in [2.75, 3.05) is 24.7 Å². The first-order valence-corrected chi connectivity index (χ1v) is 13.8. The van der Waals surface area contributed by atoms with Crippen molar-refractivity contribution in [3.63, 3.8) is 0 Å². The summed E-state index contributed by atoms with van der Waals surface area (Å²) in [6, 6.07) is 3.67. The molecule has 0 aliphatic carbocycles. The second-order valence-electron chi connectivity index (χ2n) is 11.3. The number of carbonyl (C=O) groups is 3. The van der Waals surface area contributed by atoms with Crippen LogP contribution in [0.2, 0.25) is 5.02 Å². The molecule has 0 radical (unpaired) electrons. The van der Waals surface area contributed by atoms with E-state index in [1.807, 2.05) is 46.8 Å². The Morgan fingerprint density at radius 2 is 2.08 bits per heavy atom. The molecule has 3 saturated heterocycles. The Hall–Kier alpha value is -2.42. The number of para-hydroxylation sites is 1. The number of esters is 1. The number of hydrogen-bond donors (Lipinski definition) is 1. The van der Waals surface area contributed by atoms with Gasteiger partial charge in [0.05, 0.1) is 41.5 Å². The van der Waals surface area contributed by atoms with Crippen LogP contribution < -0.4 is 4.90 Å². The van der Waals surface area contributed by atoms with Crippen LogP contribution >= 0.6 is 11.6 Å². The average molecular weight is 547 g/mol. The van der Waals surface area contributed by atoms with Crippen molar-refractivity contribution in [1.82, 2.24) is 4.90 Å². The fraction of sp³-hybridized carbons (Fsp3) is 0.621. The number of aliphatic hydroxyl groups excluding tert-OH is 1. The number of hydrogen-bond acceptors (Lipinski definition) is 6. The van der Waals surface area contributed by atoms with Crippen LogP contribution in [0, 0.1) is 30.6 Å². The zero-order chi connectivity index (χ0) is 28.2. The summed E-state index contributed by atoms with van der Waals surface area (Å²) in [7, 11) is 0. The predicted molar refractivity (Wildman–Crippen MR) is 145 cm³/mol. The third-order valence-electron chi connectivity index (χ3n) is 8.88. The Labute approximate surface area is 229 Å². The first-order valence-electron chi connectivity index (χ1n) is 13.4. The van der Waals surface area contributed by atoms with E-state index in [-0.39, 0.29) is 43.4 Å². The standard InChI is InChI=1S/C29H39ClN2O6/c1-8-13-31(23-17(5)11-10-12-19(23)30)26(35)24-29-14-18(6)28(7,38-29)22(27(36)37-9-2)21(29)25(34)32(24)20(15-33)16(3)4/h8,10-12,16,18,20-22,24,33H,1,9,13-15H2,2-7H3/t18?,20-,21-,22-,24?,28+,29?/m0/s1. The van der Waals surface area contributed by atoms with Gasteiger partial charge in [-0.05, 0) is 50.7 Å². The van der Waals surface area contributed by atoms with Crippen LogP contribution in [0.3, 0.4) is 0 Å². The van der Waals surface area contributed by atoms with Gasteiger partial charge in [0, 0.05) is 6.54 Å². The third kappa shape index (κ3) is 3.98. The highest BCUT2D eigenvalue weighted by Crippen LogP contribution is 2.66. The number of fused-ring (bicyclic) bond motifs is 1. The zero-order valence-electron chi connectivity index (χ0n) is 23.1. The minimum atomic E-state index is -1.25. The first-order chi connectivity index (χ1) is 17.9. The van der Waals surface area contributed by atoms with Crippen LogP contribution in [0.1, 0.15) is 46.6 Å². The molecule has 1 N–H and O–H groups in total. The number of carbonyl (C=O) groups excluding carboxylic acids is 3. The second kappa shape index (κ2) is 10.3. The molecule has 3 aliphatic rings. The van der Waals surface area contributed by atoms with Gasteiger partial charge in [0.1, 0.15) is 17.6 Å². The number of aryl methyl sites for hydroxylation is 1. The van der Waals surface area contributed by atoms with Gasteiger partial charge >= 0.3 is 5.97 Å². The van der Waals surface area contributed by atoms with Crippen molar-refractivity contribution in [3.05, 3.63) is 41.4 Å². The van der Waals surface area contributed by atoms with Crippen molar-refractivity contribution in [2.45, 2.75) is 71.2 Å². The third-order valence-corrected chi connectivity index (χ3v) is 9.18. The lowest BCUT2D eigenvalue weighted by Gasteiger charge is -2.41. The highest BCUT2D eigenvalue weighted by atomic mass is 35.5. The van der Waals surface area contributed by atoms with E-state index in [4.69, 9.17) is 21.1 Å². The molecule has 2 amide bonds. The predicted octanol–water partition coefficient (Wildman–Crippen LogP) is 3.76. The Morgan fingerprint density at radius 3 is 2.63 bits per heavy atom. The molecular weight excluding hydrogens is 508 g/mol. The summed E-state index contributed by atoms with van der Waals surface area (Å²) in [5.41, 5.74) is -0.893. The Kier molecular flexibility index (Phi) is 7.73. The molecule has 38 heavy (non-hydrogen) atoms. The molecule has 0 saturated carbocycles. The summed E-state index contributed by atoms with van der Waals surface area (Å²) in [6.07, 6.45) is 2.03. The molecule has 0 aromatic heterocycles. The largest absolute Gasteiger partial charge is 0.466 e. The normalized spacial score (nSPS) is 32.4. The maximum Gasteiger partial charge on any atom is 0.312 e. The molecule has 1 aromatic carbocycles. The molecule has 1 aromatic rings. The van der Waals surface area contributed by atoms with Crippen molar-refractivity contribution >= 4 is 35.1 Å². The number of aliphatic hydroxyl groups is 1. The number of anilines is 1. The first kappa shape index (κ1) is 28.6. The van der Waals surface area contributed by atoms with Gasteiger partial charge in [-0.2, -0.15) is 0 Å². The molecule has 9 heteroatoms. The minimum absolute atomic E-state index is 0.113. The molecule has 8 nitrogen and oxygen atoms in total. The van der Waals surface area contributed by atoms with E-state index < -0.39 is 41.1 Å². The van der Waals surface area contributed by atoms with Gasteiger partial charge in [0.25, 0.3) is 5.91 Å². The van der Waals surface area contributed by atoms with Crippen LogP contribution in [0.4, 0.5) is 5.69 Å². The molecule has 3 unspecified atom stereocenters. The van der Waals surface area contributed by atoms with E-state index in [1.165, 1.54) is 4.90 Å². The SMILES string of the molecule is C=CCN(C(=O)C1N([C@@H](CO)C(C)C)C(=O)[C@@H]2[C@@H](C(=O)OCC)[C@]3(C)OC12CC3C)c1c(C)cccc1Cl. The number of rotatable bonds is 9. The molecule has 3 fully saturated rings. The van der Waals surface area contributed by atoms with Gasteiger partial charge in [0.15, 0.2) is 0 Å². The van der Waals surface area contributed by atoms with Crippen molar-refractivity contribution in [1.29, 1.82) is 0 Å². The summed E-state index contributed by atoms with van der Waals surface area (Å²) in [4.78, 5) is 45.4. The highest BCUT2D eigenvalue weighted by molar-refractivity contribution is 6.34. The Morgan fingerprint density at radius 1 is 1.39 bits per heavy atom. The molecular formula is C29H39ClN2O6. The topological polar surface area (TPSA) is 96.4 Å². The molecule has 2 bridgehead atoms. The fourth-order valence-corrected chi connectivity index (χ4v) is 7.38. The molecule has 208 valence electrons. The van der Waals surface area contributed by atoms with Crippen LogP contribution in [0.25, 0.3) is 0 Å². The highest BCUT2D eigenvalue weighted by Gasteiger charge is 2.81. The van der Waals surface area contributed by atoms with Crippen molar-refractivity contribution in [3.8, 4) is 0 Å². The number of halogens is 1. The van der Waals surface area contributed by atoms with Crippen LogP contribution in [0.5, 0.6) is 0 Å². The van der Waals surface area contributed by atoms with Gasteiger partial charge in [-0.1, -0.05) is 50.6 Å². The molecule has 3 heterocycles. The van der Waals surface area contributed by atoms with E-state index in [9.17, 15) is 19.5 Å². The van der Waals surface area contributed by atoms with Crippen LogP contribution in [-0.2, 0) is 23.9 Å². The number of ether oxygens (including phenoxy) is 2. The van der Waals surface area contributed by atoms with E-state index in [1.54, 1.807) is 24.0 Å².